The summed E-state index contributed by atoms with van der Waals surface area (Å²) in [7, 11) is 5.82. The van der Waals surface area contributed by atoms with Gasteiger partial charge in [0.2, 0.25) is 0 Å². The van der Waals surface area contributed by atoms with Gasteiger partial charge in [-0.15, -0.1) is 0 Å². The van der Waals surface area contributed by atoms with Gasteiger partial charge in [0.05, 0.1) is 34.4 Å². The predicted octanol–water partition coefficient (Wildman–Crippen LogP) is 1.71. The van der Waals surface area contributed by atoms with Crippen LogP contribution >= 0.6 is 0 Å². The lowest BCUT2D eigenvalue weighted by Gasteiger charge is -2.22. The first-order valence-corrected chi connectivity index (χ1v) is 8.50. The van der Waals surface area contributed by atoms with Crippen LogP contribution in [0.25, 0.3) is 0 Å². The maximum Gasteiger partial charge on any atom is 0.251 e. The summed E-state index contributed by atoms with van der Waals surface area (Å²) in [6, 6.07) is 15.3. The summed E-state index contributed by atoms with van der Waals surface area (Å²) in [6.07, 6.45) is 0. The quantitative estimate of drug-likeness (QED) is 0.767. The van der Waals surface area contributed by atoms with E-state index in [0.29, 0.717) is 18.7 Å². The van der Waals surface area contributed by atoms with Gasteiger partial charge >= 0.3 is 0 Å². The zero-order valence-corrected chi connectivity index (χ0v) is 15.3. The summed E-state index contributed by atoms with van der Waals surface area (Å²) in [5.74, 6) is 1.52. The van der Waals surface area contributed by atoms with E-state index >= 15 is 0 Å². The summed E-state index contributed by atoms with van der Waals surface area (Å²) in [5, 5.41) is 3.03. The Morgan fingerprint density at radius 3 is 2.16 bits per heavy atom. The number of carbonyl (C=O) groups is 1. The minimum Gasteiger partial charge on any atom is -0.497 e. The van der Waals surface area contributed by atoms with Crippen molar-refractivity contribution in [3.8, 4) is 11.5 Å². The Labute approximate surface area is 149 Å². The van der Waals surface area contributed by atoms with Crippen molar-refractivity contribution in [3.63, 3.8) is 0 Å². The van der Waals surface area contributed by atoms with Gasteiger partial charge in [-0.25, -0.2) is 0 Å². The van der Waals surface area contributed by atoms with E-state index in [0.717, 1.165) is 17.1 Å². The lowest BCUT2D eigenvalue weighted by molar-refractivity contribution is -0.890. The first-order valence-electron chi connectivity index (χ1n) is 8.50. The molecule has 2 rings (SSSR count). The molecule has 0 aromatic heterocycles. The molecule has 1 amide bonds. The van der Waals surface area contributed by atoms with Gasteiger partial charge in [-0.3, -0.25) is 4.79 Å². The van der Waals surface area contributed by atoms with Crippen LogP contribution in [0.4, 0.5) is 0 Å². The van der Waals surface area contributed by atoms with Gasteiger partial charge in [-0.2, -0.15) is 0 Å². The van der Waals surface area contributed by atoms with Crippen molar-refractivity contribution in [2.45, 2.75) is 13.0 Å². The number of hydrogen-bond donors (Lipinski definition) is 2. The third-order valence-electron chi connectivity index (χ3n) is 4.11. The van der Waals surface area contributed by atoms with Gasteiger partial charge in [0.1, 0.15) is 17.5 Å². The highest BCUT2D eigenvalue weighted by Gasteiger charge is 2.19. The number of likely N-dealkylation sites (N-methyl/N-ethyl adjacent to an activating group) is 1. The molecule has 0 fully saturated rings. The molecule has 1 atom stereocenters. The lowest BCUT2D eigenvalue weighted by atomic mass is 10.1. The molecule has 0 heterocycles. The molecule has 2 aromatic rings. The molecular weight excluding hydrogens is 316 g/mol. The Morgan fingerprint density at radius 2 is 1.64 bits per heavy atom. The molecule has 5 nitrogen and oxygen atoms in total. The molecule has 0 saturated carbocycles. The van der Waals surface area contributed by atoms with Crippen LogP contribution in [-0.4, -0.2) is 40.3 Å². The normalized spacial score (nSPS) is 11.9. The van der Waals surface area contributed by atoms with Crippen molar-refractivity contribution in [3.05, 3.63) is 59.7 Å². The monoisotopic (exact) mass is 343 g/mol. The van der Waals surface area contributed by atoms with Crippen molar-refractivity contribution in [2.24, 2.45) is 0 Å². The summed E-state index contributed by atoms with van der Waals surface area (Å²) < 4.78 is 10.6. The average molecular weight is 343 g/mol. The molecule has 0 bridgehead atoms. The van der Waals surface area contributed by atoms with E-state index in [4.69, 9.17) is 9.47 Å². The highest BCUT2D eigenvalue weighted by Crippen LogP contribution is 2.16. The van der Waals surface area contributed by atoms with Crippen LogP contribution < -0.4 is 19.7 Å². The number of amides is 1. The van der Waals surface area contributed by atoms with E-state index in [1.165, 1.54) is 4.90 Å². The minimum atomic E-state index is -0.0807. The number of methoxy groups -OCH3 is 1. The molecule has 0 unspecified atom stereocenters. The molecule has 2 N–H and O–H groups in total. The fourth-order valence-electron chi connectivity index (χ4n) is 2.66. The van der Waals surface area contributed by atoms with E-state index in [2.05, 4.69) is 19.4 Å². The molecule has 0 aliphatic carbocycles. The van der Waals surface area contributed by atoms with Gasteiger partial charge in [0, 0.05) is 11.1 Å². The number of carbonyl (C=O) groups excluding carboxylic acids is 1. The number of nitrogens with one attached hydrogen (secondary N) is 2. The van der Waals surface area contributed by atoms with Crippen molar-refractivity contribution in [2.75, 3.05) is 34.4 Å². The second-order valence-corrected chi connectivity index (χ2v) is 6.07. The van der Waals surface area contributed by atoms with Crippen molar-refractivity contribution in [1.29, 1.82) is 0 Å². The Bertz CT molecular complexity index is 666. The highest BCUT2D eigenvalue weighted by molar-refractivity contribution is 5.94. The number of rotatable bonds is 8. The summed E-state index contributed by atoms with van der Waals surface area (Å²) >= 11 is 0. The maximum atomic E-state index is 12.4. The maximum absolute atomic E-state index is 12.4. The molecule has 0 aliphatic rings. The molecular formula is C20H27N2O3+. The molecule has 5 heteroatoms. The predicted molar refractivity (Wildman–Crippen MR) is 98.5 cm³/mol. The van der Waals surface area contributed by atoms with E-state index in [1.54, 1.807) is 19.2 Å². The fourth-order valence-corrected chi connectivity index (χ4v) is 2.66. The molecule has 25 heavy (non-hydrogen) atoms. The Balaban J connectivity index is 2.01. The van der Waals surface area contributed by atoms with Crippen LogP contribution in [-0.2, 0) is 0 Å². The van der Waals surface area contributed by atoms with E-state index in [-0.39, 0.29) is 11.9 Å². The third-order valence-corrected chi connectivity index (χ3v) is 4.11. The van der Waals surface area contributed by atoms with Gasteiger partial charge in [0.25, 0.3) is 5.91 Å². The number of ether oxygens (including phenoxy) is 2. The SMILES string of the molecule is CCOc1ccc(C(=O)NC[C@@H](c2ccc(OC)cc2)[NH+](C)C)cc1. The van der Waals surface area contributed by atoms with E-state index in [1.807, 2.05) is 43.3 Å². The zero-order chi connectivity index (χ0) is 18.2. The van der Waals surface area contributed by atoms with Gasteiger partial charge < -0.3 is 19.7 Å². The smallest absolute Gasteiger partial charge is 0.251 e. The van der Waals surface area contributed by atoms with Crippen molar-refractivity contribution in [1.82, 2.24) is 5.32 Å². The molecule has 0 radical (unpaired) electrons. The number of quaternary nitrogens is 1. The van der Waals surface area contributed by atoms with Crippen molar-refractivity contribution >= 4 is 5.91 Å². The average Bonchev–Trinajstić information content (AvgIpc) is 2.63. The number of benzene rings is 2. The van der Waals surface area contributed by atoms with E-state index < -0.39 is 0 Å². The second-order valence-electron chi connectivity index (χ2n) is 6.07. The third kappa shape index (κ3) is 5.22. The Kier molecular flexibility index (Phi) is 6.83. The topological polar surface area (TPSA) is 52.0 Å². The first kappa shape index (κ1) is 18.8. The van der Waals surface area contributed by atoms with Gasteiger partial charge in [-0.05, 0) is 55.5 Å². The fraction of sp³-hybridized carbons (Fsp3) is 0.350. The summed E-state index contributed by atoms with van der Waals surface area (Å²) in [4.78, 5) is 13.6. The standard InChI is InChI=1S/C20H26N2O3/c1-5-25-18-12-8-16(9-13-18)20(23)21-14-19(22(2)3)15-6-10-17(24-4)11-7-15/h6-13,19H,5,14H2,1-4H3,(H,21,23)/p+1/t19-/m0/s1. The van der Waals surface area contributed by atoms with Crippen LogP contribution in [0.15, 0.2) is 48.5 Å². The van der Waals surface area contributed by atoms with Gasteiger partial charge in [-0.1, -0.05) is 0 Å². The number of hydrogen-bond acceptors (Lipinski definition) is 3. The molecule has 134 valence electrons. The van der Waals surface area contributed by atoms with Gasteiger partial charge in [0.15, 0.2) is 0 Å². The summed E-state index contributed by atoms with van der Waals surface area (Å²) in [5.41, 5.74) is 1.79. The molecule has 0 aliphatic heterocycles. The van der Waals surface area contributed by atoms with Crippen LogP contribution in [0.3, 0.4) is 0 Å². The summed E-state index contributed by atoms with van der Waals surface area (Å²) in [6.45, 7) is 3.10. The van der Waals surface area contributed by atoms with Crippen LogP contribution in [0, 0.1) is 0 Å². The van der Waals surface area contributed by atoms with E-state index in [9.17, 15) is 4.79 Å². The Morgan fingerprint density at radius 1 is 1.04 bits per heavy atom. The van der Waals surface area contributed by atoms with Crippen molar-refractivity contribution < 1.29 is 19.2 Å². The minimum absolute atomic E-state index is 0.0807. The molecule has 0 spiro atoms. The largest absolute Gasteiger partial charge is 0.497 e. The zero-order valence-electron chi connectivity index (χ0n) is 15.3. The highest BCUT2D eigenvalue weighted by atomic mass is 16.5. The van der Waals surface area contributed by atoms with Crippen LogP contribution in [0.2, 0.25) is 0 Å². The molecule has 2 aromatic carbocycles. The van der Waals surface area contributed by atoms with Crippen LogP contribution in [0.5, 0.6) is 11.5 Å². The first-order chi connectivity index (χ1) is 12.0. The van der Waals surface area contributed by atoms with Crippen LogP contribution in [0.1, 0.15) is 28.9 Å². The Hall–Kier alpha value is -2.53. The molecule has 0 saturated heterocycles. The second kappa shape index (κ2) is 9.08. The lowest BCUT2D eigenvalue weighted by Crippen LogP contribution is -3.07.